The zero-order valence-corrected chi connectivity index (χ0v) is 18.7. The van der Waals surface area contributed by atoms with Crippen molar-refractivity contribution in [3.05, 3.63) is 84.8 Å². The van der Waals surface area contributed by atoms with E-state index in [1.807, 2.05) is 49.5 Å². The Bertz CT molecular complexity index is 1680. The summed E-state index contributed by atoms with van der Waals surface area (Å²) in [6.45, 7) is 1.90. The van der Waals surface area contributed by atoms with Gasteiger partial charge in [0.1, 0.15) is 0 Å². The van der Waals surface area contributed by atoms with Crippen LogP contribution in [0.5, 0.6) is 0 Å². The molecule has 0 fully saturated rings. The monoisotopic (exact) mass is 464 g/mol. The molecule has 0 aliphatic rings. The van der Waals surface area contributed by atoms with Crippen molar-refractivity contribution in [3.63, 3.8) is 0 Å². The van der Waals surface area contributed by atoms with Crippen LogP contribution in [0.3, 0.4) is 0 Å². The molecule has 0 aliphatic carbocycles. The number of rotatable bonds is 4. The maximum Gasteiger partial charge on any atom is 0.259 e. The summed E-state index contributed by atoms with van der Waals surface area (Å²) in [5.41, 5.74) is 5.92. The maximum absolute atomic E-state index is 13.3. The van der Waals surface area contributed by atoms with Crippen LogP contribution in [-0.4, -0.2) is 40.4 Å². The normalized spacial score (nSPS) is 11.2. The van der Waals surface area contributed by atoms with Crippen LogP contribution in [0, 0.1) is 6.92 Å². The summed E-state index contributed by atoms with van der Waals surface area (Å²) in [7, 11) is 0. The third kappa shape index (κ3) is 3.55. The molecule has 164 valence electrons. The summed E-state index contributed by atoms with van der Waals surface area (Å²) in [4.78, 5) is 35.8. The molecular weight excluding hydrogens is 448 g/mol. The number of hydrogen-bond acceptors (Lipinski definition) is 8. The third-order valence-electron chi connectivity index (χ3n) is 5.33. The molecule has 6 aromatic rings. The van der Waals surface area contributed by atoms with E-state index >= 15 is 0 Å². The van der Waals surface area contributed by atoms with Gasteiger partial charge in [-0.05, 0) is 42.8 Å². The molecular formula is C24H16N8OS. The lowest BCUT2D eigenvalue weighted by atomic mass is 10.00. The number of anilines is 1. The van der Waals surface area contributed by atoms with Gasteiger partial charge < -0.3 is 0 Å². The van der Waals surface area contributed by atoms with Crippen molar-refractivity contribution < 1.29 is 4.79 Å². The van der Waals surface area contributed by atoms with E-state index in [0.29, 0.717) is 21.2 Å². The molecule has 9 nitrogen and oxygen atoms in total. The lowest BCUT2D eigenvalue weighted by Gasteiger charge is -2.11. The topological polar surface area (TPSA) is 111 Å². The highest BCUT2D eigenvalue weighted by atomic mass is 32.1. The minimum atomic E-state index is -0.308. The number of fused-ring (bicyclic) bond motifs is 2. The van der Waals surface area contributed by atoms with Gasteiger partial charge in [-0.15, -0.1) is 0 Å². The number of pyridine rings is 3. The highest BCUT2D eigenvalue weighted by Gasteiger charge is 2.18. The van der Waals surface area contributed by atoms with Crippen LogP contribution in [0.2, 0.25) is 0 Å². The number of nitrogens with zero attached hydrogens (tertiary/aromatic N) is 7. The first-order valence-electron chi connectivity index (χ1n) is 10.4. The van der Waals surface area contributed by atoms with Crippen LogP contribution >= 0.6 is 11.3 Å². The minimum absolute atomic E-state index is 0.308. The van der Waals surface area contributed by atoms with Gasteiger partial charge in [0.25, 0.3) is 5.91 Å². The van der Waals surface area contributed by atoms with E-state index in [0.717, 1.165) is 33.6 Å². The van der Waals surface area contributed by atoms with Crippen LogP contribution in [-0.2, 0) is 0 Å². The predicted molar refractivity (Wildman–Crippen MR) is 130 cm³/mol. The van der Waals surface area contributed by atoms with Crippen LogP contribution in [0.1, 0.15) is 16.1 Å². The molecule has 0 bridgehead atoms. The highest BCUT2D eigenvalue weighted by molar-refractivity contribution is 7.21. The molecule has 0 radical (unpaired) electrons. The number of aryl methyl sites for hydroxylation is 1. The lowest BCUT2D eigenvalue weighted by molar-refractivity contribution is 0.102. The fourth-order valence-electron chi connectivity index (χ4n) is 3.75. The second-order valence-corrected chi connectivity index (χ2v) is 8.52. The second kappa shape index (κ2) is 8.09. The molecule has 1 N–H and O–H groups in total. The summed E-state index contributed by atoms with van der Waals surface area (Å²) < 4.78 is 1.78. The van der Waals surface area contributed by atoms with Gasteiger partial charge in [-0.25, -0.2) is 14.5 Å². The van der Waals surface area contributed by atoms with Crippen molar-refractivity contribution in [2.24, 2.45) is 0 Å². The first-order valence-corrected chi connectivity index (χ1v) is 11.2. The largest absolute Gasteiger partial charge is 0.298 e. The Balaban J connectivity index is 1.35. The van der Waals surface area contributed by atoms with Gasteiger partial charge in [0.05, 0.1) is 23.0 Å². The lowest BCUT2D eigenvalue weighted by Crippen LogP contribution is -2.14. The zero-order chi connectivity index (χ0) is 23.1. The number of thiazole rings is 1. The van der Waals surface area contributed by atoms with Gasteiger partial charge in [-0.2, -0.15) is 10.1 Å². The second-order valence-electron chi connectivity index (χ2n) is 7.55. The quantitative estimate of drug-likeness (QED) is 0.411. The van der Waals surface area contributed by atoms with Crippen molar-refractivity contribution in [2.45, 2.75) is 6.92 Å². The van der Waals surface area contributed by atoms with Crippen LogP contribution < -0.4 is 5.32 Å². The molecule has 34 heavy (non-hydrogen) atoms. The number of nitrogens with one attached hydrogen (secondary N) is 1. The van der Waals surface area contributed by atoms with E-state index in [9.17, 15) is 4.79 Å². The number of aromatic nitrogens is 7. The molecule has 0 atom stereocenters. The smallest absolute Gasteiger partial charge is 0.259 e. The maximum atomic E-state index is 13.3. The standard InChI is InChI=1S/C24H16N8OS/c1-14-11-17(16-3-2-10-32-20(16)6-9-28-32)18(12-26-14)22(33)31-24-30-21-23(34-24)29-19(13-27-21)15-4-7-25-8-5-15/h2-13H,1H3,(H,27,30,31,33). The molecule has 6 aromatic heterocycles. The Morgan fingerprint density at radius 3 is 2.76 bits per heavy atom. The van der Waals surface area contributed by atoms with Gasteiger partial charge >= 0.3 is 0 Å². The van der Waals surface area contributed by atoms with E-state index in [1.165, 1.54) is 11.3 Å². The molecule has 0 saturated heterocycles. The first kappa shape index (κ1) is 20.1. The molecule has 6 rings (SSSR count). The molecule has 0 aliphatic heterocycles. The van der Waals surface area contributed by atoms with Gasteiger partial charge in [-0.3, -0.25) is 20.1 Å². The molecule has 10 heteroatoms. The third-order valence-corrected chi connectivity index (χ3v) is 6.19. The Morgan fingerprint density at radius 1 is 1.00 bits per heavy atom. The number of hydrogen-bond donors (Lipinski definition) is 1. The Kier molecular flexibility index (Phi) is 4.77. The average molecular weight is 465 g/mol. The molecule has 0 saturated carbocycles. The minimum Gasteiger partial charge on any atom is -0.298 e. The summed E-state index contributed by atoms with van der Waals surface area (Å²) in [5, 5.41) is 7.61. The number of carbonyl (C=O) groups is 1. The predicted octanol–water partition coefficient (Wildman–Crippen LogP) is 4.42. The van der Waals surface area contributed by atoms with Gasteiger partial charge in [-0.1, -0.05) is 17.4 Å². The molecule has 0 aromatic carbocycles. The Labute approximate surface area is 197 Å². The first-order chi connectivity index (χ1) is 16.7. The summed E-state index contributed by atoms with van der Waals surface area (Å²) >= 11 is 1.27. The number of amides is 1. The highest BCUT2D eigenvalue weighted by Crippen LogP contribution is 2.30. The summed E-state index contributed by atoms with van der Waals surface area (Å²) in [6.07, 6.45) is 10.3. The van der Waals surface area contributed by atoms with Gasteiger partial charge in [0, 0.05) is 47.8 Å². The van der Waals surface area contributed by atoms with Crippen molar-refractivity contribution in [1.29, 1.82) is 0 Å². The van der Waals surface area contributed by atoms with Crippen LogP contribution in [0.15, 0.2) is 73.6 Å². The van der Waals surface area contributed by atoms with Crippen LogP contribution in [0.25, 0.3) is 38.4 Å². The van der Waals surface area contributed by atoms with E-state index in [1.54, 1.807) is 35.5 Å². The van der Waals surface area contributed by atoms with Crippen molar-refractivity contribution in [2.75, 3.05) is 5.32 Å². The summed E-state index contributed by atoms with van der Waals surface area (Å²) in [5.74, 6) is -0.308. The SMILES string of the molecule is Cc1cc(-c2cccn3nccc23)c(C(=O)Nc2nc3ncc(-c4ccncc4)nc3s2)cn1. The van der Waals surface area contributed by atoms with Crippen molar-refractivity contribution in [3.8, 4) is 22.4 Å². The van der Waals surface area contributed by atoms with E-state index in [4.69, 9.17) is 0 Å². The molecule has 6 heterocycles. The van der Waals surface area contributed by atoms with E-state index < -0.39 is 0 Å². The molecule has 0 unspecified atom stereocenters. The van der Waals surface area contributed by atoms with Crippen LogP contribution in [0.4, 0.5) is 5.13 Å². The molecule has 0 spiro atoms. The van der Waals surface area contributed by atoms with Crippen molar-refractivity contribution in [1.82, 2.24) is 34.5 Å². The Morgan fingerprint density at radius 2 is 1.88 bits per heavy atom. The Hall–Kier alpha value is -4.57. The average Bonchev–Trinajstić information content (AvgIpc) is 3.50. The van der Waals surface area contributed by atoms with Gasteiger partial charge in [0.2, 0.25) is 0 Å². The van der Waals surface area contributed by atoms with Crippen molar-refractivity contribution >= 4 is 38.4 Å². The number of carbonyl (C=O) groups excluding carboxylic acids is 1. The van der Waals surface area contributed by atoms with Gasteiger partial charge in [0.15, 0.2) is 15.6 Å². The fraction of sp³-hybridized carbons (Fsp3) is 0.0417. The zero-order valence-electron chi connectivity index (χ0n) is 17.9. The van der Waals surface area contributed by atoms with E-state index in [-0.39, 0.29) is 5.91 Å². The molecule has 1 amide bonds. The fourth-order valence-corrected chi connectivity index (χ4v) is 4.54. The van der Waals surface area contributed by atoms with E-state index in [2.05, 4.69) is 35.3 Å². The summed E-state index contributed by atoms with van der Waals surface area (Å²) in [6, 6.07) is 11.4.